The van der Waals surface area contributed by atoms with Crippen LogP contribution in [0.5, 0.6) is 0 Å². The molecule has 0 aliphatic heterocycles. The third kappa shape index (κ3) is 4.18. The van der Waals surface area contributed by atoms with Crippen molar-refractivity contribution >= 4 is 15.9 Å². The van der Waals surface area contributed by atoms with Gasteiger partial charge in [0.1, 0.15) is 5.82 Å². The zero-order chi connectivity index (χ0) is 14.5. The molecule has 0 bridgehead atoms. The molecule has 0 saturated carbocycles. The molecule has 20 heavy (non-hydrogen) atoms. The molecule has 2 aromatic rings. The fraction of sp³-hybridized carbons (Fsp3) is 0.375. The first-order chi connectivity index (χ1) is 9.58. The van der Waals surface area contributed by atoms with Gasteiger partial charge >= 0.3 is 0 Å². The average molecular weight is 339 g/mol. The second-order valence-corrected chi connectivity index (χ2v) is 5.99. The minimum atomic E-state index is -0.209. The maximum atomic E-state index is 13.4. The van der Waals surface area contributed by atoms with Crippen LogP contribution in [0, 0.1) is 5.82 Å². The van der Waals surface area contributed by atoms with Crippen molar-refractivity contribution in [1.82, 2.24) is 9.88 Å². The summed E-state index contributed by atoms with van der Waals surface area (Å²) in [7, 11) is 0. The first-order valence-electron chi connectivity index (χ1n) is 6.92. The Bertz CT molecular complexity index is 545. The lowest BCUT2D eigenvalue weighted by Gasteiger charge is -2.11. The van der Waals surface area contributed by atoms with E-state index in [0.717, 1.165) is 23.0 Å². The molecule has 2 rings (SSSR count). The van der Waals surface area contributed by atoms with Crippen LogP contribution < -0.4 is 5.32 Å². The van der Waals surface area contributed by atoms with Crippen LogP contribution in [0.2, 0.25) is 0 Å². The van der Waals surface area contributed by atoms with Crippen molar-refractivity contribution in [3.63, 3.8) is 0 Å². The molecule has 0 saturated heterocycles. The van der Waals surface area contributed by atoms with E-state index >= 15 is 0 Å². The van der Waals surface area contributed by atoms with Gasteiger partial charge in [0.15, 0.2) is 0 Å². The van der Waals surface area contributed by atoms with Gasteiger partial charge in [0.2, 0.25) is 0 Å². The topological polar surface area (TPSA) is 17.0 Å². The Labute approximate surface area is 128 Å². The van der Waals surface area contributed by atoms with E-state index in [1.807, 2.05) is 12.3 Å². The van der Waals surface area contributed by atoms with E-state index in [1.165, 1.54) is 11.6 Å². The number of hydrogen-bond acceptors (Lipinski definition) is 1. The summed E-state index contributed by atoms with van der Waals surface area (Å²) < 4.78 is 16.2. The van der Waals surface area contributed by atoms with Crippen LogP contribution in [0.25, 0.3) is 0 Å². The van der Waals surface area contributed by atoms with Gasteiger partial charge in [0.05, 0.1) is 0 Å². The predicted octanol–water partition coefficient (Wildman–Crippen LogP) is 4.50. The molecule has 1 N–H and O–H groups in total. The molecule has 0 fully saturated rings. The van der Waals surface area contributed by atoms with Gasteiger partial charge in [0.25, 0.3) is 0 Å². The number of aromatic nitrogens is 1. The third-order valence-electron chi connectivity index (χ3n) is 3.26. The summed E-state index contributed by atoms with van der Waals surface area (Å²) in [4.78, 5) is 0. The van der Waals surface area contributed by atoms with Gasteiger partial charge in [-0.3, -0.25) is 0 Å². The summed E-state index contributed by atoms with van der Waals surface area (Å²) in [6, 6.07) is 7.45. The number of rotatable bonds is 6. The lowest BCUT2D eigenvalue weighted by molar-refractivity contribution is 0.569. The third-order valence-corrected chi connectivity index (χ3v) is 3.72. The van der Waals surface area contributed by atoms with E-state index < -0.39 is 0 Å². The fourth-order valence-electron chi connectivity index (χ4n) is 2.21. The van der Waals surface area contributed by atoms with Crippen LogP contribution in [0.1, 0.15) is 37.4 Å². The number of benzene rings is 1. The molecule has 108 valence electrons. The molecule has 1 aromatic heterocycles. The second-order valence-electron chi connectivity index (χ2n) is 5.07. The fourth-order valence-corrected chi connectivity index (χ4v) is 2.72. The highest BCUT2D eigenvalue weighted by molar-refractivity contribution is 9.10. The lowest BCUT2D eigenvalue weighted by Crippen LogP contribution is -2.18. The molecule has 0 aliphatic rings. The molecule has 1 aromatic carbocycles. The van der Waals surface area contributed by atoms with Crippen molar-refractivity contribution in [3.05, 3.63) is 58.1 Å². The van der Waals surface area contributed by atoms with E-state index in [4.69, 9.17) is 0 Å². The minimum absolute atomic E-state index is 0.209. The molecule has 0 amide bonds. The summed E-state index contributed by atoms with van der Waals surface area (Å²) in [6.45, 7) is 6.01. The monoisotopic (exact) mass is 338 g/mol. The normalized spacial score (nSPS) is 12.6. The summed E-state index contributed by atoms with van der Waals surface area (Å²) in [6.07, 6.45) is 5.28. The SMILES string of the molecule is CCCNC(C)c1ccn(Cc2cc(F)cc(Br)c2)c1. The van der Waals surface area contributed by atoms with Crippen LogP contribution in [-0.4, -0.2) is 11.1 Å². The Balaban J connectivity index is 2.05. The highest BCUT2D eigenvalue weighted by atomic mass is 79.9. The van der Waals surface area contributed by atoms with Crippen molar-refractivity contribution < 1.29 is 4.39 Å². The maximum Gasteiger partial charge on any atom is 0.124 e. The van der Waals surface area contributed by atoms with Crippen LogP contribution in [-0.2, 0) is 6.54 Å². The maximum absolute atomic E-state index is 13.4. The largest absolute Gasteiger partial charge is 0.350 e. The number of hydrogen-bond donors (Lipinski definition) is 1. The van der Waals surface area contributed by atoms with E-state index in [0.29, 0.717) is 12.6 Å². The van der Waals surface area contributed by atoms with Crippen LogP contribution in [0.3, 0.4) is 0 Å². The number of nitrogens with one attached hydrogen (secondary N) is 1. The van der Waals surface area contributed by atoms with Gasteiger partial charge in [-0.05, 0) is 55.3 Å². The molecule has 1 atom stereocenters. The molecule has 0 radical (unpaired) electrons. The molecular formula is C16H20BrFN2. The van der Waals surface area contributed by atoms with Crippen LogP contribution in [0.4, 0.5) is 4.39 Å². The zero-order valence-corrected chi connectivity index (χ0v) is 13.5. The van der Waals surface area contributed by atoms with E-state index in [9.17, 15) is 4.39 Å². The predicted molar refractivity (Wildman–Crippen MR) is 84.3 cm³/mol. The highest BCUT2D eigenvalue weighted by Crippen LogP contribution is 2.18. The zero-order valence-electron chi connectivity index (χ0n) is 11.9. The van der Waals surface area contributed by atoms with Crippen molar-refractivity contribution in [2.45, 2.75) is 32.9 Å². The van der Waals surface area contributed by atoms with Gasteiger partial charge in [0, 0.05) is 29.5 Å². The summed E-state index contributed by atoms with van der Waals surface area (Å²) in [5.74, 6) is -0.209. The van der Waals surface area contributed by atoms with Crippen molar-refractivity contribution in [2.75, 3.05) is 6.54 Å². The standard InChI is InChI=1S/C16H20BrFN2/c1-3-5-19-12(2)14-4-6-20(11-14)10-13-7-15(17)9-16(18)8-13/h4,6-9,11-12,19H,3,5,10H2,1-2H3. The Kier molecular flexibility index (Phi) is 5.38. The minimum Gasteiger partial charge on any atom is -0.350 e. The molecule has 0 aliphatic carbocycles. The highest BCUT2D eigenvalue weighted by Gasteiger charge is 2.06. The number of halogens is 2. The molecular weight excluding hydrogens is 319 g/mol. The molecule has 2 nitrogen and oxygen atoms in total. The Morgan fingerprint density at radius 1 is 1.35 bits per heavy atom. The van der Waals surface area contributed by atoms with Crippen molar-refractivity contribution in [3.8, 4) is 0 Å². The average Bonchev–Trinajstić information content (AvgIpc) is 2.83. The number of nitrogens with zero attached hydrogens (tertiary/aromatic N) is 1. The van der Waals surface area contributed by atoms with Crippen molar-refractivity contribution in [1.29, 1.82) is 0 Å². The Morgan fingerprint density at radius 3 is 2.85 bits per heavy atom. The first-order valence-corrected chi connectivity index (χ1v) is 7.72. The quantitative estimate of drug-likeness (QED) is 0.820. The van der Waals surface area contributed by atoms with Gasteiger partial charge in [-0.15, -0.1) is 0 Å². The lowest BCUT2D eigenvalue weighted by atomic mass is 10.2. The molecule has 0 spiro atoms. The van der Waals surface area contributed by atoms with Crippen molar-refractivity contribution in [2.24, 2.45) is 0 Å². The van der Waals surface area contributed by atoms with Gasteiger partial charge in [-0.25, -0.2) is 4.39 Å². The molecule has 1 heterocycles. The van der Waals surface area contributed by atoms with E-state index in [1.54, 1.807) is 6.07 Å². The van der Waals surface area contributed by atoms with Gasteiger partial charge in [-0.2, -0.15) is 0 Å². The molecule has 1 unspecified atom stereocenters. The van der Waals surface area contributed by atoms with E-state index in [-0.39, 0.29) is 5.82 Å². The first kappa shape index (κ1) is 15.3. The van der Waals surface area contributed by atoms with Crippen LogP contribution >= 0.6 is 15.9 Å². The summed E-state index contributed by atoms with van der Waals surface area (Å²) in [5.41, 5.74) is 2.21. The smallest absolute Gasteiger partial charge is 0.124 e. The summed E-state index contributed by atoms with van der Waals surface area (Å²) in [5, 5.41) is 3.46. The van der Waals surface area contributed by atoms with Crippen LogP contribution in [0.15, 0.2) is 41.1 Å². The molecule has 4 heteroatoms. The summed E-state index contributed by atoms with van der Waals surface area (Å²) >= 11 is 3.32. The van der Waals surface area contributed by atoms with Gasteiger partial charge < -0.3 is 9.88 Å². The van der Waals surface area contributed by atoms with E-state index in [2.05, 4.69) is 51.9 Å². The Morgan fingerprint density at radius 2 is 2.15 bits per heavy atom. The van der Waals surface area contributed by atoms with Gasteiger partial charge in [-0.1, -0.05) is 22.9 Å². The Hall–Kier alpha value is -1.13. The second kappa shape index (κ2) is 7.04.